The van der Waals surface area contributed by atoms with E-state index in [0.29, 0.717) is 12.5 Å². The van der Waals surface area contributed by atoms with Crippen molar-refractivity contribution in [2.75, 3.05) is 6.61 Å². The van der Waals surface area contributed by atoms with E-state index >= 15 is 0 Å². The van der Waals surface area contributed by atoms with E-state index in [1.807, 2.05) is 0 Å². The summed E-state index contributed by atoms with van der Waals surface area (Å²) in [5, 5.41) is 0. The Balaban J connectivity index is 2.98. The van der Waals surface area contributed by atoms with Crippen LogP contribution in [-0.2, 0) is 9.09 Å². The zero-order chi connectivity index (χ0) is 7.98. The molecule has 1 unspecified atom stereocenters. The fourth-order valence-electron chi connectivity index (χ4n) is 0.634. The Labute approximate surface area is 62.3 Å². The molecule has 0 aromatic heterocycles. The second-order valence-electron chi connectivity index (χ2n) is 2.61. The third-order valence-electron chi connectivity index (χ3n) is 1.13. The summed E-state index contributed by atoms with van der Waals surface area (Å²) in [5.74, 6) is 0.639. The lowest BCUT2D eigenvalue weighted by Crippen LogP contribution is -1.91. The normalized spacial score (nSPS) is 12.2. The van der Waals surface area contributed by atoms with Gasteiger partial charge in [-0.3, -0.25) is 0 Å². The van der Waals surface area contributed by atoms with E-state index in [4.69, 9.17) is 4.89 Å². The van der Waals surface area contributed by atoms with Gasteiger partial charge in [0.25, 0.3) is 0 Å². The molecular weight excluding hydrogens is 151 g/mol. The van der Waals surface area contributed by atoms with Gasteiger partial charge >= 0.3 is 8.25 Å². The molecule has 0 saturated heterocycles. The van der Waals surface area contributed by atoms with Crippen LogP contribution in [0.2, 0.25) is 0 Å². The molecule has 0 rings (SSSR count). The Bertz CT molecular complexity index is 103. The first kappa shape index (κ1) is 10.0. The van der Waals surface area contributed by atoms with E-state index in [9.17, 15) is 4.57 Å². The zero-order valence-electron chi connectivity index (χ0n) is 6.41. The summed E-state index contributed by atoms with van der Waals surface area (Å²) in [4.78, 5) is 8.20. The molecule has 1 N–H and O–H groups in total. The van der Waals surface area contributed by atoms with Crippen molar-refractivity contribution < 1.29 is 14.0 Å². The molecule has 0 aromatic rings. The predicted octanol–water partition coefficient (Wildman–Crippen LogP) is 2.09. The first-order valence-electron chi connectivity index (χ1n) is 3.42. The van der Waals surface area contributed by atoms with Gasteiger partial charge in [-0.05, 0) is 18.8 Å². The molecule has 0 saturated carbocycles. The lowest BCUT2D eigenvalue weighted by Gasteiger charge is -1.98. The van der Waals surface area contributed by atoms with Gasteiger partial charge in [0.15, 0.2) is 0 Å². The van der Waals surface area contributed by atoms with Crippen LogP contribution in [0, 0.1) is 5.92 Å². The summed E-state index contributed by atoms with van der Waals surface area (Å²) in [5.41, 5.74) is 0. The van der Waals surface area contributed by atoms with Crippen molar-refractivity contribution >= 4 is 8.25 Å². The van der Waals surface area contributed by atoms with E-state index in [-0.39, 0.29) is 0 Å². The fraction of sp³-hybridized carbons (Fsp3) is 1.00. The highest BCUT2D eigenvalue weighted by Gasteiger charge is 2.10. The molecule has 10 heavy (non-hydrogen) atoms. The minimum atomic E-state index is -2.38. The van der Waals surface area contributed by atoms with Crippen LogP contribution in [0.15, 0.2) is 0 Å². The van der Waals surface area contributed by atoms with Crippen LogP contribution in [0.25, 0.3) is 0 Å². The van der Waals surface area contributed by atoms with Gasteiger partial charge < -0.3 is 0 Å². The summed E-state index contributed by atoms with van der Waals surface area (Å²) in [6.45, 7) is 4.61. The van der Waals surface area contributed by atoms with Gasteiger partial charge in [-0.1, -0.05) is 13.8 Å². The topological polar surface area (TPSA) is 46.5 Å². The first-order chi connectivity index (χ1) is 4.63. The quantitative estimate of drug-likeness (QED) is 0.501. The highest BCUT2D eigenvalue weighted by atomic mass is 31.1. The summed E-state index contributed by atoms with van der Waals surface area (Å²) < 4.78 is 14.4. The maximum Gasteiger partial charge on any atom is 0.694 e. The molecule has 0 fully saturated rings. The SMILES string of the molecule is CC(C)CCCO[P+](=O)O. The predicted molar refractivity (Wildman–Crippen MR) is 39.8 cm³/mol. The molecule has 60 valence electrons. The van der Waals surface area contributed by atoms with Gasteiger partial charge in [0.05, 0.1) is 0 Å². The van der Waals surface area contributed by atoms with Crippen LogP contribution in [0.3, 0.4) is 0 Å². The van der Waals surface area contributed by atoms with Gasteiger partial charge in [0.1, 0.15) is 6.61 Å². The Morgan fingerprint density at radius 2 is 2.20 bits per heavy atom. The molecule has 3 nitrogen and oxygen atoms in total. The zero-order valence-corrected chi connectivity index (χ0v) is 7.30. The monoisotopic (exact) mass is 165 g/mol. The number of hydrogen-bond donors (Lipinski definition) is 1. The maximum absolute atomic E-state index is 9.97. The molecule has 0 spiro atoms. The van der Waals surface area contributed by atoms with Crippen molar-refractivity contribution in [3.63, 3.8) is 0 Å². The van der Waals surface area contributed by atoms with Crippen molar-refractivity contribution in [3.05, 3.63) is 0 Å². The van der Waals surface area contributed by atoms with Crippen molar-refractivity contribution in [1.82, 2.24) is 0 Å². The van der Waals surface area contributed by atoms with Crippen LogP contribution >= 0.6 is 8.25 Å². The summed E-state index contributed by atoms with van der Waals surface area (Å²) in [7, 11) is -2.38. The van der Waals surface area contributed by atoms with Gasteiger partial charge in [0.2, 0.25) is 0 Å². The minimum absolute atomic E-state index is 0.393. The fourth-order valence-corrected chi connectivity index (χ4v) is 0.920. The van der Waals surface area contributed by atoms with Crippen molar-refractivity contribution in [2.45, 2.75) is 26.7 Å². The lowest BCUT2D eigenvalue weighted by molar-refractivity contribution is 0.269. The summed E-state index contributed by atoms with van der Waals surface area (Å²) in [6, 6.07) is 0. The van der Waals surface area contributed by atoms with Crippen LogP contribution in [0.4, 0.5) is 0 Å². The second kappa shape index (κ2) is 5.78. The Hall–Kier alpha value is 0.0200. The second-order valence-corrected chi connectivity index (χ2v) is 3.34. The van der Waals surface area contributed by atoms with E-state index in [1.54, 1.807) is 0 Å². The van der Waals surface area contributed by atoms with E-state index in [1.165, 1.54) is 0 Å². The average molecular weight is 165 g/mol. The Morgan fingerprint density at radius 1 is 1.60 bits per heavy atom. The van der Waals surface area contributed by atoms with Crippen LogP contribution < -0.4 is 0 Å². The summed E-state index contributed by atoms with van der Waals surface area (Å²) >= 11 is 0. The largest absolute Gasteiger partial charge is 0.694 e. The first-order valence-corrected chi connectivity index (χ1v) is 4.55. The average Bonchev–Trinajstić information content (AvgIpc) is 1.79. The van der Waals surface area contributed by atoms with Gasteiger partial charge in [0, 0.05) is 4.57 Å². The van der Waals surface area contributed by atoms with Crippen molar-refractivity contribution in [3.8, 4) is 0 Å². The van der Waals surface area contributed by atoms with E-state index in [2.05, 4.69) is 18.4 Å². The third kappa shape index (κ3) is 8.02. The Morgan fingerprint density at radius 3 is 2.60 bits per heavy atom. The molecule has 0 radical (unpaired) electrons. The van der Waals surface area contributed by atoms with Crippen molar-refractivity contribution in [1.29, 1.82) is 0 Å². The number of rotatable bonds is 5. The van der Waals surface area contributed by atoms with Crippen LogP contribution in [-0.4, -0.2) is 11.5 Å². The third-order valence-corrected chi connectivity index (χ3v) is 1.53. The minimum Gasteiger partial charge on any atom is -0.133 e. The standard InChI is InChI=1S/C6H13O3P/c1-6(2)4-3-5-9-10(7)8/h6H,3-5H2,1-2H3/p+1. The molecule has 0 heterocycles. The molecule has 0 aromatic carbocycles. The molecule has 0 aliphatic heterocycles. The molecule has 0 aliphatic carbocycles. The highest BCUT2D eigenvalue weighted by Crippen LogP contribution is 2.15. The van der Waals surface area contributed by atoms with Gasteiger partial charge in [-0.2, -0.15) is 0 Å². The van der Waals surface area contributed by atoms with E-state index in [0.717, 1.165) is 12.8 Å². The van der Waals surface area contributed by atoms with Crippen LogP contribution in [0.5, 0.6) is 0 Å². The molecule has 0 aliphatic rings. The van der Waals surface area contributed by atoms with Crippen LogP contribution in [0.1, 0.15) is 26.7 Å². The smallest absolute Gasteiger partial charge is 0.133 e. The molecule has 0 bridgehead atoms. The lowest BCUT2D eigenvalue weighted by atomic mass is 10.1. The van der Waals surface area contributed by atoms with Gasteiger partial charge in [-0.15, -0.1) is 9.42 Å². The van der Waals surface area contributed by atoms with E-state index < -0.39 is 8.25 Å². The highest BCUT2D eigenvalue weighted by molar-refractivity contribution is 7.32. The molecule has 0 amide bonds. The van der Waals surface area contributed by atoms with Gasteiger partial charge in [-0.25, -0.2) is 0 Å². The van der Waals surface area contributed by atoms with Crippen molar-refractivity contribution in [2.24, 2.45) is 5.92 Å². The maximum atomic E-state index is 9.97. The number of hydrogen-bond acceptors (Lipinski definition) is 2. The summed E-state index contributed by atoms with van der Waals surface area (Å²) in [6.07, 6.45) is 1.91. The molecule has 1 atom stereocenters. The molecular formula is C6H14O3P+. The Kier molecular flexibility index (Phi) is 5.79. The molecule has 4 heteroatoms.